The first-order valence-corrected chi connectivity index (χ1v) is 9.57. The molecule has 27 heavy (non-hydrogen) atoms. The summed E-state index contributed by atoms with van der Waals surface area (Å²) >= 11 is 0. The molecule has 5 rings (SSSR count). The number of rotatable bonds is 3. The van der Waals surface area contributed by atoms with Crippen LogP contribution in [0.4, 0.5) is 0 Å². The minimum atomic E-state index is -1.42. The van der Waals surface area contributed by atoms with Crippen LogP contribution in [-0.2, 0) is 23.7 Å². The largest absolute Gasteiger partial charge is 0.460 e. The van der Waals surface area contributed by atoms with E-state index in [1.807, 2.05) is 13.8 Å². The second-order valence-electron chi connectivity index (χ2n) is 8.90. The van der Waals surface area contributed by atoms with E-state index in [0.29, 0.717) is 13.0 Å². The van der Waals surface area contributed by atoms with E-state index in [1.165, 1.54) is 0 Å². The highest BCUT2D eigenvalue weighted by atomic mass is 16.8. The van der Waals surface area contributed by atoms with Crippen molar-refractivity contribution >= 4 is 5.97 Å². The summed E-state index contributed by atoms with van der Waals surface area (Å²) in [6.07, 6.45) is -5.49. The van der Waals surface area contributed by atoms with Crippen LogP contribution in [0.2, 0.25) is 0 Å². The Bertz CT molecular complexity index is 695. The Balaban J connectivity index is 1.66. The van der Waals surface area contributed by atoms with Gasteiger partial charge in [-0.25, -0.2) is 4.79 Å². The molecule has 0 aromatic heterocycles. The van der Waals surface area contributed by atoms with Crippen LogP contribution >= 0.6 is 0 Å². The fraction of sp³-hybridized carbons (Fsp3) is 0.842. The van der Waals surface area contributed by atoms with E-state index in [0.717, 1.165) is 5.57 Å². The number of aliphatic hydroxyl groups excluding tert-OH is 3. The molecule has 1 aliphatic carbocycles. The maximum atomic E-state index is 12.6. The van der Waals surface area contributed by atoms with E-state index in [-0.39, 0.29) is 18.3 Å². The molecule has 0 aromatic rings. The third-order valence-electron chi connectivity index (χ3n) is 7.69. The van der Waals surface area contributed by atoms with Crippen molar-refractivity contribution in [3.05, 3.63) is 12.2 Å². The van der Waals surface area contributed by atoms with Gasteiger partial charge in [-0.3, -0.25) is 0 Å². The summed E-state index contributed by atoms with van der Waals surface area (Å²) in [5, 5.41) is 31.9. The zero-order chi connectivity index (χ0) is 19.3. The minimum Gasteiger partial charge on any atom is -0.460 e. The number of carbonyl (C=O) groups is 1. The van der Waals surface area contributed by atoms with Gasteiger partial charge in [-0.05, 0) is 25.7 Å². The number of esters is 1. The van der Waals surface area contributed by atoms with Crippen LogP contribution in [-0.4, -0.2) is 71.0 Å². The van der Waals surface area contributed by atoms with Gasteiger partial charge in [0, 0.05) is 5.92 Å². The van der Waals surface area contributed by atoms with Gasteiger partial charge in [0.2, 0.25) is 0 Å². The second kappa shape index (κ2) is 5.52. The summed E-state index contributed by atoms with van der Waals surface area (Å²) < 4.78 is 23.0. The summed E-state index contributed by atoms with van der Waals surface area (Å²) in [4.78, 5) is 12.6. The Labute approximate surface area is 157 Å². The van der Waals surface area contributed by atoms with Gasteiger partial charge in [0.05, 0.1) is 29.6 Å². The summed E-state index contributed by atoms with van der Waals surface area (Å²) in [6.45, 7) is 8.27. The van der Waals surface area contributed by atoms with Crippen molar-refractivity contribution in [1.82, 2.24) is 0 Å². The molecule has 0 radical (unpaired) electrons. The summed E-state index contributed by atoms with van der Waals surface area (Å²) in [7, 11) is 0. The van der Waals surface area contributed by atoms with Crippen molar-refractivity contribution in [3.8, 4) is 0 Å². The summed E-state index contributed by atoms with van der Waals surface area (Å²) in [6, 6.07) is 0. The van der Waals surface area contributed by atoms with E-state index >= 15 is 0 Å². The molecule has 4 heterocycles. The maximum Gasteiger partial charge on any atom is 0.336 e. The molecule has 1 spiro atoms. The Kier molecular flexibility index (Phi) is 3.69. The number of hydrogen-bond acceptors (Lipinski definition) is 8. The lowest BCUT2D eigenvalue weighted by Gasteiger charge is -2.44. The van der Waals surface area contributed by atoms with Crippen LogP contribution in [0.15, 0.2) is 12.2 Å². The zero-order valence-corrected chi connectivity index (χ0v) is 15.4. The van der Waals surface area contributed by atoms with E-state index in [9.17, 15) is 20.1 Å². The lowest BCUT2D eigenvalue weighted by atomic mass is 9.55. The fourth-order valence-electron chi connectivity index (χ4n) is 6.56. The van der Waals surface area contributed by atoms with Gasteiger partial charge in [0.1, 0.15) is 12.2 Å². The maximum absolute atomic E-state index is 12.6. The molecule has 8 nitrogen and oxygen atoms in total. The van der Waals surface area contributed by atoms with Crippen LogP contribution in [0.5, 0.6) is 0 Å². The average molecular weight is 382 g/mol. The normalized spacial score (nSPS) is 58.4. The van der Waals surface area contributed by atoms with Crippen LogP contribution in [0.25, 0.3) is 0 Å². The number of aliphatic hydroxyl groups is 3. The minimum absolute atomic E-state index is 0.0246. The number of carbonyl (C=O) groups excluding carboxylic acids is 1. The van der Waals surface area contributed by atoms with E-state index in [4.69, 9.17) is 18.9 Å². The molecule has 4 saturated heterocycles. The molecule has 8 heteroatoms. The molecule has 5 aliphatic rings. The molecule has 0 bridgehead atoms. The first-order chi connectivity index (χ1) is 12.7. The number of ether oxygens (including phenoxy) is 4. The Morgan fingerprint density at radius 2 is 2.04 bits per heavy atom. The second-order valence-corrected chi connectivity index (χ2v) is 8.90. The van der Waals surface area contributed by atoms with Crippen LogP contribution in [0.1, 0.15) is 26.7 Å². The van der Waals surface area contributed by atoms with Crippen LogP contribution in [0, 0.1) is 22.7 Å². The van der Waals surface area contributed by atoms with Gasteiger partial charge < -0.3 is 34.3 Å². The first kappa shape index (κ1) is 18.0. The van der Waals surface area contributed by atoms with Crippen molar-refractivity contribution in [2.75, 3.05) is 6.61 Å². The van der Waals surface area contributed by atoms with Crippen molar-refractivity contribution in [2.24, 2.45) is 22.7 Å². The third-order valence-corrected chi connectivity index (χ3v) is 7.69. The standard InChI is InChI=1S/C19H26O8/c1-7(2)9-4-11-18(5-10-12(20)8(3)6-24-10)14(16(23)25-11)26-17-19(9,18)13(21)15(22)27-17/h8-15,17,20-22H,1,4-6H2,2-3H3/t8-,9+,10?,11?,12-,13+,14?,15+,17?,18?,19?/m1/s1. The van der Waals surface area contributed by atoms with Gasteiger partial charge in [0.15, 0.2) is 18.7 Å². The zero-order valence-electron chi connectivity index (χ0n) is 15.4. The molecule has 3 N–H and O–H groups in total. The average Bonchev–Trinajstić information content (AvgIpc) is 3.30. The molecule has 150 valence electrons. The number of hydrogen-bond donors (Lipinski definition) is 3. The van der Waals surface area contributed by atoms with E-state index in [1.54, 1.807) is 0 Å². The Morgan fingerprint density at radius 1 is 1.30 bits per heavy atom. The van der Waals surface area contributed by atoms with Crippen molar-refractivity contribution in [3.63, 3.8) is 0 Å². The Hall–Kier alpha value is -1.03. The highest BCUT2D eigenvalue weighted by Gasteiger charge is 2.86. The van der Waals surface area contributed by atoms with Crippen molar-refractivity contribution in [1.29, 1.82) is 0 Å². The van der Waals surface area contributed by atoms with Crippen LogP contribution in [0.3, 0.4) is 0 Å². The number of allylic oxidation sites excluding steroid dienone is 1. The molecule has 0 aromatic carbocycles. The predicted octanol–water partition coefficient (Wildman–Crippen LogP) is -0.299. The van der Waals surface area contributed by atoms with Crippen molar-refractivity contribution < 1.29 is 39.1 Å². The molecule has 6 unspecified atom stereocenters. The predicted molar refractivity (Wildman–Crippen MR) is 89.0 cm³/mol. The molecule has 5 fully saturated rings. The molecule has 0 amide bonds. The van der Waals surface area contributed by atoms with Gasteiger partial charge in [0.25, 0.3) is 0 Å². The van der Waals surface area contributed by atoms with Gasteiger partial charge in [-0.15, -0.1) is 0 Å². The van der Waals surface area contributed by atoms with Crippen LogP contribution < -0.4 is 0 Å². The summed E-state index contributed by atoms with van der Waals surface area (Å²) in [5.41, 5.74) is -1.22. The highest BCUT2D eigenvalue weighted by Crippen LogP contribution is 2.75. The van der Waals surface area contributed by atoms with E-state index in [2.05, 4.69) is 6.58 Å². The lowest BCUT2D eigenvalue weighted by molar-refractivity contribution is -0.207. The monoisotopic (exact) mass is 382 g/mol. The van der Waals surface area contributed by atoms with E-state index < -0.39 is 59.9 Å². The fourth-order valence-corrected chi connectivity index (χ4v) is 6.56. The highest BCUT2D eigenvalue weighted by molar-refractivity contribution is 5.80. The third kappa shape index (κ3) is 1.87. The molecular weight excluding hydrogens is 356 g/mol. The first-order valence-electron chi connectivity index (χ1n) is 9.57. The van der Waals surface area contributed by atoms with Crippen molar-refractivity contribution in [2.45, 2.75) is 69.8 Å². The quantitative estimate of drug-likeness (QED) is 0.450. The molecule has 1 saturated carbocycles. The lowest BCUT2D eigenvalue weighted by Crippen LogP contribution is -2.56. The Morgan fingerprint density at radius 3 is 2.67 bits per heavy atom. The summed E-state index contributed by atoms with van der Waals surface area (Å²) in [5.74, 6) is -0.767. The molecule has 4 aliphatic heterocycles. The topological polar surface area (TPSA) is 115 Å². The van der Waals surface area contributed by atoms with Gasteiger partial charge in [-0.2, -0.15) is 0 Å². The SMILES string of the molecule is C=C(C)[C@@H]1CC2OC(=O)C3OC4O[C@H](O)[C@H](O)C41C23CC1OC[C@@H](C)[C@H]1O. The molecule has 11 atom stereocenters. The van der Waals surface area contributed by atoms with Gasteiger partial charge in [-0.1, -0.05) is 19.1 Å². The van der Waals surface area contributed by atoms with Gasteiger partial charge >= 0.3 is 5.97 Å². The smallest absolute Gasteiger partial charge is 0.336 e. The molecular formula is C19H26O8.